The molecule has 2 heterocycles. The molecule has 0 radical (unpaired) electrons. The van der Waals surface area contributed by atoms with E-state index in [2.05, 4.69) is 10.6 Å². The summed E-state index contributed by atoms with van der Waals surface area (Å²) < 4.78 is 10.8. The number of nitrogens with zero attached hydrogens (tertiary/aromatic N) is 1. The molecule has 0 spiro atoms. The largest absolute Gasteiger partial charge is 0.496 e. The summed E-state index contributed by atoms with van der Waals surface area (Å²) >= 11 is 0. The van der Waals surface area contributed by atoms with Gasteiger partial charge in [0.2, 0.25) is 11.8 Å². The highest BCUT2D eigenvalue weighted by molar-refractivity contribution is 5.85. The number of carbonyl (C=O) groups excluding carboxylic acids is 2. The molecule has 2 atom stereocenters. The first-order valence-electron chi connectivity index (χ1n) is 10.1. The fraction of sp³-hybridized carbons (Fsp3) is 0.619. The fourth-order valence-electron chi connectivity index (χ4n) is 4.10. The second kappa shape index (κ2) is 11.3. The van der Waals surface area contributed by atoms with Gasteiger partial charge in [-0.2, -0.15) is 0 Å². The number of ether oxygens (including phenoxy) is 2. The van der Waals surface area contributed by atoms with Gasteiger partial charge in [-0.25, -0.2) is 0 Å². The van der Waals surface area contributed by atoms with Crippen LogP contribution < -0.4 is 20.1 Å². The van der Waals surface area contributed by atoms with Crippen molar-refractivity contribution in [3.63, 3.8) is 0 Å². The number of hydrogen-bond donors (Lipinski definition) is 2. The SMILES string of the molecule is COc1cccc(OC)c1CC(=O)N1CCCC(CNC(=O)C2CCCN2)C1.Cl. The Kier molecular flexibility index (Phi) is 9.04. The summed E-state index contributed by atoms with van der Waals surface area (Å²) in [6.45, 7) is 2.97. The molecule has 7 nitrogen and oxygen atoms in total. The quantitative estimate of drug-likeness (QED) is 0.696. The van der Waals surface area contributed by atoms with Crippen molar-refractivity contribution in [1.82, 2.24) is 15.5 Å². The third-order valence-corrected chi connectivity index (χ3v) is 5.67. The topological polar surface area (TPSA) is 79.9 Å². The number of likely N-dealkylation sites (tertiary alicyclic amines) is 1. The summed E-state index contributed by atoms with van der Waals surface area (Å²) in [5.41, 5.74) is 0.778. The molecule has 2 amide bonds. The second-order valence-corrected chi connectivity index (χ2v) is 7.56. The first-order valence-corrected chi connectivity index (χ1v) is 10.1. The van der Waals surface area contributed by atoms with E-state index in [1.165, 1.54) is 0 Å². The molecular formula is C21H32ClN3O4. The second-order valence-electron chi connectivity index (χ2n) is 7.56. The minimum Gasteiger partial charge on any atom is -0.496 e. The van der Waals surface area contributed by atoms with Crippen molar-refractivity contribution in [1.29, 1.82) is 0 Å². The van der Waals surface area contributed by atoms with E-state index in [0.29, 0.717) is 30.5 Å². The maximum atomic E-state index is 12.9. The van der Waals surface area contributed by atoms with Gasteiger partial charge in [0.1, 0.15) is 11.5 Å². The summed E-state index contributed by atoms with van der Waals surface area (Å²) in [7, 11) is 3.20. The maximum Gasteiger partial charge on any atom is 0.237 e. The minimum atomic E-state index is -0.0562. The molecule has 1 aromatic rings. The number of piperidine rings is 1. The standard InChI is InChI=1S/C21H31N3O4.ClH/c1-27-18-8-3-9-19(28-2)16(18)12-20(25)24-11-5-6-15(14-24)13-23-21(26)17-7-4-10-22-17;/h3,8-9,15,17,22H,4-7,10-14H2,1-2H3,(H,23,26);1H. The molecular weight excluding hydrogens is 394 g/mol. The Morgan fingerprint density at radius 1 is 1.17 bits per heavy atom. The van der Waals surface area contributed by atoms with E-state index in [1.807, 2.05) is 23.1 Å². The predicted molar refractivity (Wildman–Crippen MR) is 114 cm³/mol. The molecule has 1 aromatic carbocycles. The number of rotatable bonds is 7. The highest BCUT2D eigenvalue weighted by atomic mass is 35.5. The Morgan fingerprint density at radius 2 is 1.90 bits per heavy atom. The lowest BCUT2D eigenvalue weighted by atomic mass is 9.97. The summed E-state index contributed by atoms with van der Waals surface area (Å²) in [5, 5.41) is 6.28. The van der Waals surface area contributed by atoms with Crippen molar-refractivity contribution in [3.05, 3.63) is 23.8 Å². The van der Waals surface area contributed by atoms with Crippen LogP contribution in [-0.2, 0) is 16.0 Å². The number of nitrogens with one attached hydrogen (secondary N) is 2. The van der Waals surface area contributed by atoms with Gasteiger partial charge < -0.3 is 25.0 Å². The fourth-order valence-corrected chi connectivity index (χ4v) is 4.10. The van der Waals surface area contributed by atoms with Crippen LogP contribution in [0.3, 0.4) is 0 Å². The minimum absolute atomic E-state index is 0. The zero-order valence-electron chi connectivity index (χ0n) is 17.2. The molecule has 2 unspecified atom stereocenters. The van der Waals surface area contributed by atoms with Crippen molar-refractivity contribution in [2.45, 2.75) is 38.1 Å². The van der Waals surface area contributed by atoms with Gasteiger partial charge in [0.15, 0.2) is 0 Å². The van der Waals surface area contributed by atoms with Crippen LogP contribution in [0, 0.1) is 5.92 Å². The molecule has 0 aromatic heterocycles. The molecule has 0 bridgehead atoms. The number of carbonyl (C=O) groups is 2. The smallest absolute Gasteiger partial charge is 0.237 e. The van der Waals surface area contributed by atoms with E-state index in [0.717, 1.165) is 44.3 Å². The Morgan fingerprint density at radius 3 is 2.52 bits per heavy atom. The molecule has 2 aliphatic rings. The van der Waals surface area contributed by atoms with Gasteiger partial charge in [0, 0.05) is 25.2 Å². The molecule has 29 heavy (non-hydrogen) atoms. The monoisotopic (exact) mass is 425 g/mol. The van der Waals surface area contributed by atoms with Crippen LogP contribution in [0.15, 0.2) is 18.2 Å². The number of benzene rings is 1. The van der Waals surface area contributed by atoms with Crippen LogP contribution in [0.1, 0.15) is 31.2 Å². The Labute approximate surface area is 178 Å². The van der Waals surface area contributed by atoms with Gasteiger partial charge in [-0.3, -0.25) is 9.59 Å². The lowest BCUT2D eigenvalue weighted by Crippen LogP contribution is -2.47. The van der Waals surface area contributed by atoms with Crippen molar-refractivity contribution in [2.24, 2.45) is 5.92 Å². The third kappa shape index (κ3) is 6.00. The lowest BCUT2D eigenvalue weighted by Gasteiger charge is -2.33. The summed E-state index contributed by atoms with van der Waals surface area (Å²) in [6.07, 6.45) is 4.19. The molecule has 2 fully saturated rings. The van der Waals surface area contributed by atoms with Crippen LogP contribution in [0.4, 0.5) is 0 Å². The Bertz CT molecular complexity index is 672. The van der Waals surface area contributed by atoms with Crippen LogP contribution in [-0.4, -0.2) is 63.2 Å². The Balaban J connectivity index is 0.00000300. The highest BCUT2D eigenvalue weighted by Crippen LogP contribution is 2.29. The highest BCUT2D eigenvalue weighted by Gasteiger charge is 2.27. The van der Waals surface area contributed by atoms with E-state index in [9.17, 15) is 9.59 Å². The van der Waals surface area contributed by atoms with E-state index >= 15 is 0 Å². The number of hydrogen-bond acceptors (Lipinski definition) is 5. The van der Waals surface area contributed by atoms with E-state index in [1.54, 1.807) is 14.2 Å². The molecule has 2 aliphatic heterocycles. The molecule has 8 heteroatoms. The predicted octanol–water partition coefficient (Wildman–Crippen LogP) is 1.77. The molecule has 0 aliphatic carbocycles. The van der Waals surface area contributed by atoms with E-state index in [4.69, 9.17) is 9.47 Å². The van der Waals surface area contributed by atoms with Crippen molar-refractivity contribution in [3.8, 4) is 11.5 Å². The lowest BCUT2D eigenvalue weighted by molar-refractivity contribution is -0.132. The average molecular weight is 426 g/mol. The van der Waals surface area contributed by atoms with Crippen LogP contribution in [0.2, 0.25) is 0 Å². The first-order chi connectivity index (χ1) is 13.6. The normalized spacial score (nSPS) is 21.2. The van der Waals surface area contributed by atoms with Gasteiger partial charge in [0.25, 0.3) is 0 Å². The zero-order valence-corrected chi connectivity index (χ0v) is 18.1. The summed E-state index contributed by atoms with van der Waals surface area (Å²) in [5.74, 6) is 1.77. The van der Waals surface area contributed by atoms with Gasteiger partial charge in [-0.1, -0.05) is 6.07 Å². The molecule has 2 saturated heterocycles. The van der Waals surface area contributed by atoms with Crippen molar-refractivity contribution in [2.75, 3.05) is 40.4 Å². The van der Waals surface area contributed by atoms with Crippen molar-refractivity contribution < 1.29 is 19.1 Å². The summed E-state index contributed by atoms with van der Waals surface area (Å²) in [6, 6.07) is 5.48. The van der Waals surface area contributed by atoms with Crippen LogP contribution in [0.5, 0.6) is 11.5 Å². The maximum absolute atomic E-state index is 12.9. The van der Waals surface area contributed by atoms with Gasteiger partial charge in [-0.15, -0.1) is 12.4 Å². The van der Waals surface area contributed by atoms with Crippen LogP contribution in [0.25, 0.3) is 0 Å². The number of halogens is 1. The zero-order chi connectivity index (χ0) is 19.9. The average Bonchev–Trinajstić information content (AvgIpc) is 3.27. The third-order valence-electron chi connectivity index (χ3n) is 5.67. The summed E-state index contributed by atoms with van der Waals surface area (Å²) in [4.78, 5) is 27.0. The van der Waals surface area contributed by atoms with E-state index < -0.39 is 0 Å². The van der Waals surface area contributed by atoms with Crippen LogP contribution >= 0.6 is 12.4 Å². The molecule has 2 N–H and O–H groups in total. The first kappa shape index (κ1) is 23.3. The Hall–Kier alpha value is -1.99. The van der Waals surface area contributed by atoms with Crippen molar-refractivity contribution >= 4 is 24.2 Å². The molecule has 0 saturated carbocycles. The molecule has 3 rings (SSSR count). The number of methoxy groups -OCH3 is 2. The molecule has 162 valence electrons. The van der Waals surface area contributed by atoms with E-state index in [-0.39, 0.29) is 36.7 Å². The van der Waals surface area contributed by atoms with Gasteiger partial charge in [0.05, 0.1) is 26.7 Å². The van der Waals surface area contributed by atoms with Gasteiger partial charge >= 0.3 is 0 Å². The number of amides is 2. The van der Waals surface area contributed by atoms with Gasteiger partial charge in [-0.05, 0) is 50.3 Å².